The molecule has 0 atom stereocenters. The maximum absolute atomic E-state index is 11.7. The summed E-state index contributed by atoms with van der Waals surface area (Å²) >= 11 is 0. The third kappa shape index (κ3) is 8.23. The van der Waals surface area contributed by atoms with Crippen LogP contribution in [0.3, 0.4) is 0 Å². The number of nitrogens with one attached hydrogen (secondary N) is 1. The van der Waals surface area contributed by atoms with Crippen molar-refractivity contribution in [2.24, 2.45) is 10.7 Å². The van der Waals surface area contributed by atoms with Gasteiger partial charge >= 0.3 is 6.09 Å². The van der Waals surface area contributed by atoms with Gasteiger partial charge in [-0.05, 0) is 38.3 Å². The Kier molecular flexibility index (Phi) is 10.9. The molecule has 8 heteroatoms. The highest BCUT2D eigenvalue weighted by Gasteiger charge is 2.23. The van der Waals surface area contributed by atoms with E-state index in [0.717, 1.165) is 30.6 Å². The molecular weight excluding hydrogens is 459 g/mol. The van der Waals surface area contributed by atoms with Crippen LogP contribution in [0, 0.1) is 6.92 Å². The van der Waals surface area contributed by atoms with Crippen LogP contribution in [-0.2, 0) is 4.74 Å². The third-order valence-electron chi connectivity index (χ3n) is 4.31. The molecule has 0 saturated carbocycles. The normalized spacial score (nSPS) is 15.0. The van der Waals surface area contributed by atoms with E-state index in [9.17, 15) is 4.79 Å². The van der Waals surface area contributed by atoms with Crippen molar-refractivity contribution in [1.82, 2.24) is 10.2 Å². The number of rotatable bonds is 7. The molecule has 152 valence electrons. The van der Waals surface area contributed by atoms with E-state index in [1.165, 1.54) is 0 Å². The molecule has 0 bridgehead atoms. The molecule has 27 heavy (non-hydrogen) atoms. The molecule has 0 aliphatic carbocycles. The van der Waals surface area contributed by atoms with Gasteiger partial charge in [0.15, 0.2) is 5.96 Å². The average Bonchev–Trinajstić information content (AvgIpc) is 2.63. The van der Waals surface area contributed by atoms with Crippen LogP contribution in [0.25, 0.3) is 0 Å². The van der Waals surface area contributed by atoms with Crippen molar-refractivity contribution in [2.75, 3.05) is 32.8 Å². The lowest BCUT2D eigenvalue weighted by Gasteiger charge is -2.31. The Morgan fingerprint density at radius 2 is 2.04 bits per heavy atom. The fourth-order valence-corrected chi connectivity index (χ4v) is 2.84. The van der Waals surface area contributed by atoms with Crippen LogP contribution < -0.4 is 15.8 Å². The molecule has 2 rings (SSSR count). The minimum Gasteiger partial charge on any atom is -0.493 e. The lowest BCUT2D eigenvalue weighted by Crippen LogP contribution is -2.48. The van der Waals surface area contributed by atoms with Crippen molar-refractivity contribution in [3.63, 3.8) is 0 Å². The van der Waals surface area contributed by atoms with E-state index in [1.807, 2.05) is 38.1 Å². The number of likely N-dealkylation sites (tertiary alicyclic amines) is 1. The molecule has 1 fully saturated rings. The molecule has 0 spiro atoms. The second kappa shape index (κ2) is 12.6. The highest BCUT2D eigenvalue weighted by molar-refractivity contribution is 14.0. The van der Waals surface area contributed by atoms with Crippen LogP contribution >= 0.6 is 24.0 Å². The van der Waals surface area contributed by atoms with E-state index < -0.39 is 0 Å². The van der Waals surface area contributed by atoms with Gasteiger partial charge in [0, 0.05) is 32.1 Å². The van der Waals surface area contributed by atoms with Crippen LogP contribution in [0.15, 0.2) is 29.3 Å². The molecule has 1 aliphatic rings. The number of carbonyl (C=O) groups excluding carboxylic acids is 1. The summed E-state index contributed by atoms with van der Waals surface area (Å²) in [6.07, 6.45) is 2.25. The Hall–Kier alpha value is -1.71. The molecule has 3 N–H and O–H groups in total. The first kappa shape index (κ1) is 23.3. The van der Waals surface area contributed by atoms with Crippen LogP contribution in [0.5, 0.6) is 5.75 Å². The molecule has 1 aromatic carbocycles. The van der Waals surface area contributed by atoms with E-state index in [-0.39, 0.29) is 36.1 Å². The predicted octanol–water partition coefficient (Wildman–Crippen LogP) is 2.91. The number of carbonyl (C=O) groups is 1. The Morgan fingerprint density at radius 1 is 1.33 bits per heavy atom. The van der Waals surface area contributed by atoms with Gasteiger partial charge in [-0.15, -0.1) is 24.0 Å². The van der Waals surface area contributed by atoms with Crippen molar-refractivity contribution in [3.05, 3.63) is 29.8 Å². The number of halogens is 1. The second-order valence-electron chi connectivity index (χ2n) is 6.34. The molecule has 7 nitrogen and oxygen atoms in total. The zero-order valence-corrected chi connectivity index (χ0v) is 18.5. The fraction of sp³-hybridized carbons (Fsp3) is 0.579. The summed E-state index contributed by atoms with van der Waals surface area (Å²) in [4.78, 5) is 17.8. The van der Waals surface area contributed by atoms with Gasteiger partial charge in [0.05, 0.1) is 13.2 Å². The van der Waals surface area contributed by atoms with Crippen molar-refractivity contribution in [2.45, 2.75) is 39.2 Å². The van der Waals surface area contributed by atoms with E-state index in [4.69, 9.17) is 15.2 Å². The van der Waals surface area contributed by atoms with Gasteiger partial charge in [-0.3, -0.25) is 4.99 Å². The third-order valence-corrected chi connectivity index (χ3v) is 4.31. The van der Waals surface area contributed by atoms with Gasteiger partial charge in [0.25, 0.3) is 0 Å². The quantitative estimate of drug-likeness (QED) is 0.266. The number of aliphatic imine (C=N–C) groups is 1. The van der Waals surface area contributed by atoms with Gasteiger partial charge in [0.2, 0.25) is 0 Å². The summed E-state index contributed by atoms with van der Waals surface area (Å²) in [6, 6.07) is 8.21. The summed E-state index contributed by atoms with van der Waals surface area (Å²) in [5.41, 5.74) is 7.09. The summed E-state index contributed by atoms with van der Waals surface area (Å²) < 4.78 is 10.8. The van der Waals surface area contributed by atoms with Crippen LogP contribution in [0.4, 0.5) is 4.79 Å². The topological polar surface area (TPSA) is 89.2 Å². The zero-order chi connectivity index (χ0) is 18.8. The van der Waals surface area contributed by atoms with Gasteiger partial charge in [-0.25, -0.2) is 4.79 Å². The molecule has 0 radical (unpaired) electrons. The van der Waals surface area contributed by atoms with Crippen LogP contribution in [-0.4, -0.2) is 55.8 Å². The summed E-state index contributed by atoms with van der Waals surface area (Å²) in [5, 5.41) is 3.24. The largest absolute Gasteiger partial charge is 0.493 e. The summed E-state index contributed by atoms with van der Waals surface area (Å²) in [6.45, 7) is 6.83. The standard InChI is InChI=1S/C19H30N4O3.HI/c1-3-25-19(24)23-12-9-16(10-13-23)22-18(20)21-11-6-14-26-17-8-5-4-7-15(17)2;/h4-5,7-8,16H,3,6,9-14H2,1-2H3,(H3,20,21,22);1H. The Balaban J connectivity index is 0.00000364. The molecule has 1 aromatic rings. The first-order valence-corrected chi connectivity index (χ1v) is 9.26. The van der Waals surface area contributed by atoms with E-state index in [2.05, 4.69) is 10.3 Å². The van der Waals surface area contributed by atoms with E-state index >= 15 is 0 Å². The lowest BCUT2D eigenvalue weighted by molar-refractivity contribution is 0.0963. The summed E-state index contributed by atoms with van der Waals surface area (Å²) in [7, 11) is 0. The number of hydrogen-bond donors (Lipinski definition) is 2. The van der Waals surface area contributed by atoms with Gasteiger partial charge < -0.3 is 25.4 Å². The Bertz CT molecular complexity index is 604. The SMILES string of the molecule is CCOC(=O)N1CCC(NC(N)=NCCCOc2ccccc2C)CC1.I. The molecule has 0 unspecified atom stereocenters. The molecule has 1 heterocycles. The number of nitrogens with two attached hydrogens (primary N) is 1. The molecule has 1 aliphatic heterocycles. The molecule has 1 saturated heterocycles. The summed E-state index contributed by atoms with van der Waals surface area (Å²) in [5.74, 6) is 1.37. The first-order valence-electron chi connectivity index (χ1n) is 9.26. The smallest absolute Gasteiger partial charge is 0.409 e. The zero-order valence-electron chi connectivity index (χ0n) is 16.1. The number of benzene rings is 1. The van der Waals surface area contributed by atoms with Crippen LogP contribution in [0.2, 0.25) is 0 Å². The highest BCUT2D eigenvalue weighted by Crippen LogP contribution is 2.16. The molecule has 0 aromatic heterocycles. The number of nitrogens with zero attached hydrogens (tertiary/aromatic N) is 2. The monoisotopic (exact) mass is 490 g/mol. The van der Waals surface area contributed by atoms with Crippen LogP contribution in [0.1, 0.15) is 31.7 Å². The van der Waals surface area contributed by atoms with Crippen molar-refractivity contribution < 1.29 is 14.3 Å². The minimum absolute atomic E-state index is 0. The number of amides is 1. The Labute approximate surface area is 178 Å². The van der Waals surface area contributed by atoms with Gasteiger partial charge in [0.1, 0.15) is 5.75 Å². The number of aryl methyl sites for hydroxylation is 1. The number of piperidine rings is 1. The number of para-hydroxylation sites is 1. The average molecular weight is 490 g/mol. The molecular formula is C19H31IN4O3. The maximum atomic E-state index is 11.7. The lowest BCUT2D eigenvalue weighted by atomic mass is 10.1. The fourth-order valence-electron chi connectivity index (χ4n) is 2.84. The first-order chi connectivity index (χ1) is 12.6. The number of ether oxygens (including phenoxy) is 2. The van der Waals surface area contributed by atoms with E-state index in [1.54, 1.807) is 4.90 Å². The highest BCUT2D eigenvalue weighted by atomic mass is 127. The van der Waals surface area contributed by atoms with Gasteiger partial charge in [-0.1, -0.05) is 18.2 Å². The number of hydrogen-bond acceptors (Lipinski definition) is 4. The maximum Gasteiger partial charge on any atom is 0.409 e. The predicted molar refractivity (Wildman–Crippen MR) is 118 cm³/mol. The van der Waals surface area contributed by atoms with Crippen molar-refractivity contribution in [3.8, 4) is 5.75 Å². The second-order valence-corrected chi connectivity index (χ2v) is 6.34. The number of guanidine groups is 1. The van der Waals surface area contributed by atoms with Crippen molar-refractivity contribution >= 4 is 36.0 Å². The van der Waals surface area contributed by atoms with Gasteiger partial charge in [-0.2, -0.15) is 0 Å². The van der Waals surface area contributed by atoms with E-state index in [0.29, 0.717) is 38.8 Å². The van der Waals surface area contributed by atoms with Crippen molar-refractivity contribution in [1.29, 1.82) is 0 Å². The Morgan fingerprint density at radius 3 is 2.70 bits per heavy atom. The minimum atomic E-state index is -0.235. The molecule has 1 amide bonds.